The molecule has 0 bridgehead atoms. The number of para-hydroxylation sites is 1. The van der Waals surface area contributed by atoms with Crippen LogP contribution in [0.4, 0.5) is 5.69 Å². The van der Waals surface area contributed by atoms with E-state index in [0.717, 1.165) is 22.4 Å². The molecule has 1 fully saturated rings. The summed E-state index contributed by atoms with van der Waals surface area (Å²) in [7, 11) is 0. The monoisotopic (exact) mass is 651 g/mol. The van der Waals surface area contributed by atoms with E-state index in [4.69, 9.17) is 23.8 Å². The van der Waals surface area contributed by atoms with Crippen LogP contribution < -0.4 is 10.2 Å². The largest absolute Gasteiger partial charge is 0.379 e. The topological polar surface area (TPSA) is 153 Å². The van der Waals surface area contributed by atoms with Gasteiger partial charge in [0.25, 0.3) is 11.8 Å². The van der Waals surface area contributed by atoms with E-state index >= 15 is 0 Å². The molecule has 2 aromatic carbocycles. The first kappa shape index (κ1) is 35.5. The standard InChI is InChI=1S/C34H41N3O10/c38-30(35-16-13-31(39)36-25-28-7-2-1-5-26(28)9-10-27-6-3-4-8-29(27)36)14-17-43-19-21-45-23-24-46-22-20-44-18-15-34(42)47-37-32(40)11-12-33(37)41/h1-8,31,39H,11-25H2,(H,35,38). The van der Waals surface area contributed by atoms with Crippen LogP contribution in [0.15, 0.2) is 48.5 Å². The van der Waals surface area contributed by atoms with Crippen molar-refractivity contribution in [3.63, 3.8) is 0 Å². The number of rotatable bonds is 20. The minimum absolute atomic E-state index is 0.0489. The summed E-state index contributed by atoms with van der Waals surface area (Å²) in [5.74, 6) is 4.54. The summed E-state index contributed by atoms with van der Waals surface area (Å²) in [6, 6.07) is 15.6. The second-order valence-electron chi connectivity index (χ2n) is 10.7. The molecule has 2 N–H and O–H groups in total. The molecular weight excluding hydrogens is 610 g/mol. The zero-order chi connectivity index (χ0) is 33.3. The number of benzene rings is 2. The average molecular weight is 652 g/mol. The first-order chi connectivity index (χ1) is 22.9. The molecule has 13 nitrogen and oxygen atoms in total. The average Bonchev–Trinajstić information content (AvgIpc) is 3.38. The number of carbonyl (C=O) groups is 4. The fourth-order valence-corrected chi connectivity index (χ4v) is 4.75. The van der Waals surface area contributed by atoms with Gasteiger partial charge in [0.15, 0.2) is 0 Å². The number of aliphatic hydroxyl groups is 1. The molecule has 1 unspecified atom stereocenters. The van der Waals surface area contributed by atoms with E-state index in [1.54, 1.807) is 0 Å². The Morgan fingerprint density at radius 2 is 1.32 bits per heavy atom. The van der Waals surface area contributed by atoms with Crippen LogP contribution in [0.3, 0.4) is 0 Å². The highest BCUT2D eigenvalue weighted by Crippen LogP contribution is 2.27. The summed E-state index contributed by atoms with van der Waals surface area (Å²) in [5, 5.41) is 14.4. The summed E-state index contributed by atoms with van der Waals surface area (Å²) in [4.78, 5) is 53.5. The van der Waals surface area contributed by atoms with Crippen LogP contribution in [-0.2, 0) is 49.5 Å². The molecule has 252 valence electrons. The van der Waals surface area contributed by atoms with Gasteiger partial charge in [0.05, 0.1) is 65.0 Å². The predicted octanol–water partition coefficient (Wildman–Crippen LogP) is 1.68. The van der Waals surface area contributed by atoms with Gasteiger partial charge in [-0.3, -0.25) is 14.4 Å². The number of carbonyl (C=O) groups excluding carboxylic acids is 4. The van der Waals surface area contributed by atoms with Gasteiger partial charge in [0.1, 0.15) is 6.23 Å². The van der Waals surface area contributed by atoms with Crippen molar-refractivity contribution in [1.29, 1.82) is 0 Å². The highest BCUT2D eigenvalue weighted by molar-refractivity contribution is 6.01. The Morgan fingerprint density at radius 1 is 0.766 bits per heavy atom. The Bertz CT molecular complexity index is 1410. The summed E-state index contributed by atoms with van der Waals surface area (Å²) < 4.78 is 21.6. The maximum Gasteiger partial charge on any atom is 0.335 e. The minimum atomic E-state index is -0.812. The van der Waals surface area contributed by atoms with Gasteiger partial charge in [-0.2, -0.15) is 0 Å². The zero-order valence-corrected chi connectivity index (χ0v) is 26.3. The minimum Gasteiger partial charge on any atom is -0.379 e. The van der Waals surface area contributed by atoms with Crippen molar-refractivity contribution in [1.82, 2.24) is 10.4 Å². The fraction of sp³-hybridized carbons (Fsp3) is 0.471. The number of hydrogen-bond acceptors (Lipinski definition) is 11. The summed E-state index contributed by atoms with van der Waals surface area (Å²) in [6.45, 7) is 3.09. The third-order valence-electron chi connectivity index (χ3n) is 7.23. The summed E-state index contributed by atoms with van der Waals surface area (Å²) in [6.07, 6.45) is -0.266. The lowest BCUT2D eigenvalue weighted by molar-refractivity contribution is -0.198. The van der Waals surface area contributed by atoms with Crippen LogP contribution in [0.5, 0.6) is 0 Å². The molecule has 1 saturated heterocycles. The van der Waals surface area contributed by atoms with Gasteiger partial charge in [-0.1, -0.05) is 42.2 Å². The van der Waals surface area contributed by atoms with Gasteiger partial charge >= 0.3 is 5.97 Å². The van der Waals surface area contributed by atoms with Crippen LogP contribution in [0.25, 0.3) is 0 Å². The highest BCUT2D eigenvalue weighted by atomic mass is 16.7. The quantitative estimate of drug-likeness (QED) is 0.122. The Hall–Kier alpha value is -4.32. The first-order valence-electron chi connectivity index (χ1n) is 15.7. The molecule has 0 aliphatic carbocycles. The van der Waals surface area contributed by atoms with Gasteiger partial charge in [-0.25, -0.2) is 4.79 Å². The lowest BCUT2D eigenvalue weighted by atomic mass is 10.0. The number of nitrogens with one attached hydrogen (secondary N) is 1. The number of ether oxygens (including phenoxy) is 4. The van der Waals surface area contributed by atoms with Crippen molar-refractivity contribution >= 4 is 29.4 Å². The Morgan fingerprint density at radius 3 is 2.00 bits per heavy atom. The Balaban J connectivity index is 0.970. The molecule has 0 radical (unpaired) electrons. The first-order valence-corrected chi connectivity index (χ1v) is 15.7. The van der Waals surface area contributed by atoms with Gasteiger partial charge in [-0.15, -0.1) is 5.06 Å². The molecule has 3 amide bonds. The zero-order valence-electron chi connectivity index (χ0n) is 26.3. The summed E-state index contributed by atoms with van der Waals surface area (Å²) >= 11 is 0. The number of fused-ring (bicyclic) bond motifs is 2. The molecule has 2 aliphatic rings. The maximum atomic E-state index is 12.3. The molecule has 2 heterocycles. The van der Waals surface area contributed by atoms with Crippen molar-refractivity contribution in [3.8, 4) is 11.8 Å². The van der Waals surface area contributed by atoms with E-state index in [1.165, 1.54) is 0 Å². The Kier molecular flexibility index (Phi) is 14.6. The number of hydrogen-bond donors (Lipinski definition) is 2. The molecule has 1 atom stereocenters. The summed E-state index contributed by atoms with van der Waals surface area (Å²) in [5.41, 5.74) is 3.67. The Labute approximate surface area is 274 Å². The second-order valence-corrected chi connectivity index (χ2v) is 10.7. The van der Waals surface area contributed by atoms with Gasteiger partial charge in [0.2, 0.25) is 5.91 Å². The number of aliphatic hydroxyl groups excluding tert-OH is 1. The van der Waals surface area contributed by atoms with Crippen molar-refractivity contribution in [2.24, 2.45) is 0 Å². The van der Waals surface area contributed by atoms with E-state index in [9.17, 15) is 24.3 Å². The SMILES string of the molecule is O=C(CCOCCOCCOCCOCCC(=O)ON1C(=O)CCC1=O)NCCC(O)N1Cc2ccccc2C#Cc2ccccc21. The van der Waals surface area contributed by atoms with Crippen molar-refractivity contribution in [2.45, 2.75) is 44.9 Å². The van der Waals surface area contributed by atoms with Crippen molar-refractivity contribution in [3.05, 3.63) is 65.2 Å². The van der Waals surface area contributed by atoms with E-state index < -0.39 is 24.0 Å². The third-order valence-corrected chi connectivity index (χ3v) is 7.23. The number of amides is 3. The van der Waals surface area contributed by atoms with Crippen LogP contribution in [-0.4, -0.2) is 99.5 Å². The lowest BCUT2D eigenvalue weighted by Crippen LogP contribution is -2.39. The molecule has 2 aromatic rings. The highest BCUT2D eigenvalue weighted by Gasteiger charge is 2.32. The molecule has 0 aromatic heterocycles. The van der Waals surface area contributed by atoms with Gasteiger partial charge < -0.3 is 39.1 Å². The van der Waals surface area contributed by atoms with Gasteiger partial charge in [-0.05, 0) is 23.8 Å². The molecule has 0 saturated carbocycles. The van der Waals surface area contributed by atoms with E-state index in [0.29, 0.717) is 57.6 Å². The third kappa shape index (κ3) is 11.8. The molecule has 2 aliphatic heterocycles. The number of nitrogens with zero attached hydrogens (tertiary/aromatic N) is 2. The molecule has 47 heavy (non-hydrogen) atoms. The van der Waals surface area contributed by atoms with Crippen LogP contribution in [0.1, 0.15) is 48.8 Å². The van der Waals surface area contributed by atoms with Crippen molar-refractivity contribution < 1.29 is 48.1 Å². The second kappa shape index (κ2) is 19.4. The van der Waals surface area contributed by atoms with E-state index in [2.05, 4.69) is 17.2 Å². The fourth-order valence-electron chi connectivity index (χ4n) is 4.75. The van der Waals surface area contributed by atoms with E-state index in [1.807, 2.05) is 53.4 Å². The normalized spacial score (nSPS) is 14.4. The van der Waals surface area contributed by atoms with Gasteiger partial charge in [0, 0.05) is 49.9 Å². The molecular formula is C34H41N3O10. The molecule has 0 spiro atoms. The number of imide groups is 1. The van der Waals surface area contributed by atoms with Crippen LogP contribution >= 0.6 is 0 Å². The number of hydroxylamine groups is 2. The van der Waals surface area contributed by atoms with Crippen molar-refractivity contribution in [2.75, 3.05) is 64.3 Å². The molecule has 13 heteroatoms. The smallest absolute Gasteiger partial charge is 0.335 e. The van der Waals surface area contributed by atoms with E-state index in [-0.39, 0.29) is 51.4 Å². The lowest BCUT2D eigenvalue weighted by Gasteiger charge is -2.32. The maximum absolute atomic E-state index is 12.3. The predicted molar refractivity (Wildman–Crippen MR) is 168 cm³/mol. The van der Waals surface area contributed by atoms with Crippen LogP contribution in [0.2, 0.25) is 0 Å². The van der Waals surface area contributed by atoms with Crippen LogP contribution in [0, 0.1) is 11.8 Å². The molecule has 4 rings (SSSR count). The number of anilines is 1.